The van der Waals surface area contributed by atoms with Gasteiger partial charge in [0.15, 0.2) is 0 Å². The van der Waals surface area contributed by atoms with Gasteiger partial charge in [-0.25, -0.2) is 0 Å². The van der Waals surface area contributed by atoms with Gasteiger partial charge in [0.2, 0.25) is 0 Å². The number of ether oxygens (including phenoxy) is 1. The first-order chi connectivity index (χ1) is 6.33. The van der Waals surface area contributed by atoms with Gasteiger partial charge in [-0.2, -0.15) is 0 Å². The minimum Gasteiger partial charge on any atom is -0.380 e. The molecule has 0 aliphatic carbocycles. The van der Waals surface area contributed by atoms with E-state index in [1.807, 2.05) is 7.05 Å². The number of likely N-dealkylation sites (N-methyl/N-ethyl adjacent to an activating group) is 1. The minimum atomic E-state index is 0.799. The summed E-state index contributed by atoms with van der Waals surface area (Å²) in [6.45, 7) is 5.24. The van der Waals surface area contributed by atoms with E-state index in [1.165, 1.54) is 25.9 Å². The summed E-state index contributed by atoms with van der Waals surface area (Å²) in [6.07, 6.45) is 2.60. The molecule has 78 valence electrons. The molecule has 0 radical (unpaired) electrons. The molecule has 0 aromatic carbocycles. The SMILES string of the molecule is CNCCOCC1CCN(C)CC1. The molecule has 1 N–H and O–H groups in total. The standard InChI is InChI=1S/C10H22N2O/c1-11-5-8-13-9-10-3-6-12(2)7-4-10/h10-11H,3-9H2,1-2H3. The molecule has 0 aromatic rings. The van der Waals surface area contributed by atoms with Crippen molar-refractivity contribution in [1.29, 1.82) is 0 Å². The highest BCUT2D eigenvalue weighted by atomic mass is 16.5. The number of nitrogens with zero attached hydrogens (tertiary/aromatic N) is 1. The van der Waals surface area contributed by atoms with Gasteiger partial charge in [-0.05, 0) is 45.9 Å². The predicted octanol–water partition coefficient (Wildman–Crippen LogP) is 0.564. The third kappa shape index (κ3) is 4.60. The van der Waals surface area contributed by atoms with Crippen LogP contribution in [-0.4, -0.2) is 51.8 Å². The maximum Gasteiger partial charge on any atom is 0.0590 e. The molecule has 0 amide bonds. The Hall–Kier alpha value is -0.120. The van der Waals surface area contributed by atoms with Crippen LogP contribution in [-0.2, 0) is 4.74 Å². The zero-order chi connectivity index (χ0) is 9.52. The van der Waals surface area contributed by atoms with Crippen LogP contribution >= 0.6 is 0 Å². The van der Waals surface area contributed by atoms with E-state index < -0.39 is 0 Å². The summed E-state index contributed by atoms with van der Waals surface area (Å²) in [5, 5.41) is 3.08. The molecular formula is C10H22N2O. The van der Waals surface area contributed by atoms with Gasteiger partial charge >= 0.3 is 0 Å². The van der Waals surface area contributed by atoms with Crippen LogP contribution in [0.25, 0.3) is 0 Å². The predicted molar refractivity (Wildman–Crippen MR) is 55.0 cm³/mol. The molecule has 0 saturated carbocycles. The molecule has 0 atom stereocenters. The van der Waals surface area contributed by atoms with Crippen molar-refractivity contribution in [2.24, 2.45) is 5.92 Å². The highest BCUT2D eigenvalue weighted by Crippen LogP contribution is 2.15. The van der Waals surface area contributed by atoms with Gasteiger partial charge < -0.3 is 15.0 Å². The van der Waals surface area contributed by atoms with Gasteiger partial charge in [-0.15, -0.1) is 0 Å². The monoisotopic (exact) mass is 186 g/mol. The van der Waals surface area contributed by atoms with Gasteiger partial charge in [0.25, 0.3) is 0 Å². The van der Waals surface area contributed by atoms with Crippen molar-refractivity contribution < 1.29 is 4.74 Å². The van der Waals surface area contributed by atoms with Crippen molar-refractivity contribution in [2.75, 3.05) is 46.9 Å². The van der Waals surface area contributed by atoms with Gasteiger partial charge in [-0.1, -0.05) is 0 Å². The molecule has 1 heterocycles. The lowest BCUT2D eigenvalue weighted by molar-refractivity contribution is 0.0744. The number of likely N-dealkylation sites (tertiary alicyclic amines) is 1. The van der Waals surface area contributed by atoms with Crippen LogP contribution in [0.5, 0.6) is 0 Å². The third-order valence-corrected chi connectivity index (χ3v) is 2.69. The molecule has 1 saturated heterocycles. The van der Waals surface area contributed by atoms with E-state index in [0.717, 1.165) is 25.7 Å². The number of hydrogen-bond donors (Lipinski definition) is 1. The fraction of sp³-hybridized carbons (Fsp3) is 1.00. The number of nitrogens with one attached hydrogen (secondary N) is 1. The van der Waals surface area contributed by atoms with Crippen molar-refractivity contribution in [3.8, 4) is 0 Å². The molecule has 1 rings (SSSR count). The van der Waals surface area contributed by atoms with E-state index in [-0.39, 0.29) is 0 Å². The summed E-state index contributed by atoms with van der Waals surface area (Å²) in [5.74, 6) is 0.799. The van der Waals surface area contributed by atoms with Crippen LogP contribution < -0.4 is 5.32 Å². The average molecular weight is 186 g/mol. The summed E-state index contributed by atoms with van der Waals surface area (Å²) >= 11 is 0. The Labute approximate surface area is 81.4 Å². The van der Waals surface area contributed by atoms with E-state index in [1.54, 1.807) is 0 Å². The largest absolute Gasteiger partial charge is 0.380 e. The molecule has 0 spiro atoms. The van der Waals surface area contributed by atoms with Crippen molar-refractivity contribution in [3.05, 3.63) is 0 Å². The normalized spacial score (nSPS) is 20.8. The molecule has 0 unspecified atom stereocenters. The molecule has 13 heavy (non-hydrogen) atoms. The summed E-state index contributed by atoms with van der Waals surface area (Å²) in [5.41, 5.74) is 0. The lowest BCUT2D eigenvalue weighted by Gasteiger charge is -2.28. The fourth-order valence-corrected chi connectivity index (χ4v) is 1.65. The Bertz CT molecular complexity index is 122. The molecular weight excluding hydrogens is 164 g/mol. The Kier molecular flexibility index (Phi) is 5.35. The van der Waals surface area contributed by atoms with Crippen LogP contribution in [0.4, 0.5) is 0 Å². The van der Waals surface area contributed by atoms with Crippen LogP contribution in [0.15, 0.2) is 0 Å². The quantitative estimate of drug-likeness (QED) is 0.635. The van der Waals surface area contributed by atoms with Crippen LogP contribution in [0, 0.1) is 5.92 Å². The Balaban J connectivity index is 1.96. The Morgan fingerprint density at radius 3 is 2.69 bits per heavy atom. The van der Waals surface area contributed by atoms with Crippen molar-refractivity contribution in [3.63, 3.8) is 0 Å². The smallest absolute Gasteiger partial charge is 0.0590 e. The topological polar surface area (TPSA) is 24.5 Å². The van der Waals surface area contributed by atoms with Crippen LogP contribution in [0.2, 0.25) is 0 Å². The first-order valence-corrected chi connectivity index (χ1v) is 5.24. The Morgan fingerprint density at radius 1 is 1.38 bits per heavy atom. The zero-order valence-corrected chi connectivity index (χ0v) is 8.88. The first-order valence-electron chi connectivity index (χ1n) is 5.24. The van der Waals surface area contributed by atoms with E-state index in [4.69, 9.17) is 4.74 Å². The fourth-order valence-electron chi connectivity index (χ4n) is 1.65. The van der Waals surface area contributed by atoms with Crippen molar-refractivity contribution in [1.82, 2.24) is 10.2 Å². The van der Waals surface area contributed by atoms with E-state index >= 15 is 0 Å². The summed E-state index contributed by atoms with van der Waals surface area (Å²) < 4.78 is 5.57. The average Bonchev–Trinajstić information content (AvgIpc) is 2.15. The molecule has 3 nitrogen and oxygen atoms in total. The third-order valence-electron chi connectivity index (χ3n) is 2.69. The van der Waals surface area contributed by atoms with Crippen LogP contribution in [0.1, 0.15) is 12.8 Å². The first kappa shape index (κ1) is 11.0. The number of piperidine rings is 1. The second kappa shape index (κ2) is 6.35. The van der Waals surface area contributed by atoms with E-state index in [9.17, 15) is 0 Å². The molecule has 0 aromatic heterocycles. The molecule has 1 aliphatic heterocycles. The highest BCUT2D eigenvalue weighted by molar-refractivity contribution is 4.69. The van der Waals surface area contributed by atoms with E-state index in [2.05, 4.69) is 17.3 Å². The van der Waals surface area contributed by atoms with E-state index in [0.29, 0.717) is 0 Å². The summed E-state index contributed by atoms with van der Waals surface area (Å²) in [4.78, 5) is 2.39. The van der Waals surface area contributed by atoms with Gasteiger partial charge in [0.1, 0.15) is 0 Å². The maximum atomic E-state index is 5.57. The zero-order valence-electron chi connectivity index (χ0n) is 8.88. The summed E-state index contributed by atoms with van der Waals surface area (Å²) in [6, 6.07) is 0. The Morgan fingerprint density at radius 2 is 2.08 bits per heavy atom. The molecule has 0 bridgehead atoms. The van der Waals surface area contributed by atoms with Gasteiger partial charge in [-0.3, -0.25) is 0 Å². The number of rotatable bonds is 5. The second-order valence-corrected chi connectivity index (χ2v) is 3.93. The van der Waals surface area contributed by atoms with Crippen molar-refractivity contribution in [2.45, 2.75) is 12.8 Å². The van der Waals surface area contributed by atoms with Crippen LogP contribution in [0.3, 0.4) is 0 Å². The maximum absolute atomic E-state index is 5.57. The molecule has 1 aliphatic rings. The highest BCUT2D eigenvalue weighted by Gasteiger charge is 2.16. The van der Waals surface area contributed by atoms with Gasteiger partial charge in [0, 0.05) is 13.2 Å². The minimum absolute atomic E-state index is 0.799. The lowest BCUT2D eigenvalue weighted by Crippen LogP contribution is -2.32. The van der Waals surface area contributed by atoms with Crippen molar-refractivity contribution >= 4 is 0 Å². The lowest BCUT2D eigenvalue weighted by atomic mass is 9.98. The van der Waals surface area contributed by atoms with Gasteiger partial charge in [0.05, 0.1) is 6.61 Å². The number of hydrogen-bond acceptors (Lipinski definition) is 3. The summed E-state index contributed by atoms with van der Waals surface area (Å²) in [7, 11) is 4.15. The molecule has 1 fully saturated rings. The molecule has 3 heteroatoms. The second-order valence-electron chi connectivity index (χ2n) is 3.93.